The Labute approximate surface area is 70.0 Å². The molecule has 0 bridgehead atoms. The fourth-order valence-electron chi connectivity index (χ4n) is 0.947. The van der Waals surface area contributed by atoms with E-state index >= 15 is 0 Å². The third kappa shape index (κ3) is 1.61. The number of Topliss-reactive ketones (excluding diaryl/α,β-unsaturated/α-hetero) is 1. The molecule has 0 N–H and O–H groups in total. The summed E-state index contributed by atoms with van der Waals surface area (Å²) in [6.07, 6.45) is 0. The maximum atomic E-state index is 12.0. The van der Waals surface area contributed by atoms with Gasteiger partial charge in [0.25, 0.3) is 0 Å². The van der Waals surface area contributed by atoms with Crippen molar-refractivity contribution in [3.63, 3.8) is 0 Å². The lowest BCUT2D eigenvalue weighted by atomic mass is 10.1. The Bertz CT molecular complexity index is 284. The largest absolute Gasteiger partial charge is 0.496 e. The van der Waals surface area contributed by atoms with Gasteiger partial charge in [-0.15, -0.1) is 0 Å². The monoisotopic (exact) mass is 168 g/mol. The Morgan fingerprint density at radius 3 is 2.75 bits per heavy atom. The molecule has 0 aliphatic rings. The highest BCUT2D eigenvalue weighted by molar-refractivity contribution is 5.99. The van der Waals surface area contributed by atoms with Crippen LogP contribution in [0.3, 0.4) is 0 Å². The number of hydrogen-bond donors (Lipinski definition) is 0. The normalized spacial score (nSPS) is 9.50. The smallest absolute Gasteiger partial charge is 0.197 e. The van der Waals surface area contributed by atoms with Crippen LogP contribution in [-0.2, 0) is 0 Å². The number of carbonyl (C=O) groups is 1. The Morgan fingerprint density at radius 1 is 1.50 bits per heavy atom. The number of alkyl halides is 1. The molecule has 0 spiro atoms. The lowest BCUT2D eigenvalue weighted by Gasteiger charge is -2.03. The maximum absolute atomic E-state index is 12.0. The molecule has 3 heteroatoms. The molecule has 2 nitrogen and oxygen atoms in total. The first-order valence-corrected chi connectivity index (χ1v) is 3.51. The molecular weight excluding hydrogens is 159 g/mol. The summed E-state index contributed by atoms with van der Waals surface area (Å²) >= 11 is 0. The minimum absolute atomic E-state index is 0.294. The molecule has 0 aliphatic carbocycles. The number of halogens is 1. The number of benzene rings is 1. The van der Waals surface area contributed by atoms with Crippen molar-refractivity contribution in [2.45, 2.75) is 0 Å². The second-order valence-corrected chi connectivity index (χ2v) is 2.26. The van der Waals surface area contributed by atoms with Gasteiger partial charge in [0.1, 0.15) is 5.75 Å². The molecule has 1 aromatic carbocycles. The van der Waals surface area contributed by atoms with E-state index in [9.17, 15) is 9.18 Å². The summed E-state index contributed by atoms with van der Waals surface area (Å²) in [6.45, 7) is -0.986. The van der Waals surface area contributed by atoms with E-state index in [0.717, 1.165) is 0 Å². The fourth-order valence-corrected chi connectivity index (χ4v) is 0.947. The molecule has 0 atom stereocenters. The third-order valence-electron chi connectivity index (χ3n) is 1.53. The highest BCUT2D eigenvalue weighted by Gasteiger charge is 2.09. The topological polar surface area (TPSA) is 26.3 Å². The van der Waals surface area contributed by atoms with Crippen molar-refractivity contribution >= 4 is 5.78 Å². The van der Waals surface area contributed by atoms with Crippen LogP contribution in [0.25, 0.3) is 0 Å². The first-order chi connectivity index (χ1) is 5.79. The quantitative estimate of drug-likeness (QED) is 0.644. The Morgan fingerprint density at radius 2 is 2.17 bits per heavy atom. The molecule has 64 valence electrons. The summed E-state index contributed by atoms with van der Waals surface area (Å²) in [4.78, 5) is 10.9. The second-order valence-electron chi connectivity index (χ2n) is 2.26. The maximum Gasteiger partial charge on any atom is 0.197 e. The zero-order valence-corrected chi connectivity index (χ0v) is 6.71. The van der Waals surface area contributed by atoms with Crippen molar-refractivity contribution in [1.29, 1.82) is 0 Å². The molecule has 1 rings (SSSR count). The van der Waals surface area contributed by atoms with E-state index in [-0.39, 0.29) is 0 Å². The fraction of sp³-hybridized carbons (Fsp3) is 0.222. The van der Waals surface area contributed by atoms with Gasteiger partial charge in [-0.1, -0.05) is 12.1 Å². The van der Waals surface area contributed by atoms with Crippen LogP contribution in [0.1, 0.15) is 10.4 Å². The standard InChI is InChI=1S/C9H9FO2/c1-12-9-5-3-2-4-7(9)8(11)6-10/h2-5H,6H2,1H3. The van der Waals surface area contributed by atoms with Gasteiger partial charge in [0.2, 0.25) is 0 Å². The minimum Gasteiger partial charge on any atom is -0.496 e. The Hall–Kier alpha value is -1.38. The summed E-state index contributed by atoms with van der Waals surface area (Å²) in [5.74, 6) is -0.132. The predicted octanol–water partition coefficient (Wildman–Crippen LogP) is 1.85. The van der Waals surface area contributed by atoms with E-state index < -0.39 is 12.5 Å². The second kappa shape index (κ2) is 3.85. The van der Waals surface area contributed by atoms with Crippen LogP contribution in [0.5, 0.6) is 5.75 Å². The van der Waals surface area contributed by atoms with E-state index in [4.69, 9.17) is 4.74 Å². The summed E-state index contributed by atoms with van der Waals surface area (Å²) < 4.78 is 16.9. The van der Waals surface area contributed by atoms with Crippen molar-refractivity contribution in [2.24, 2.45) is 0 Å². The Balaban J connectivity index is 3.04. The number of rotatable bonds is 3. The van der Waals surface area contributed by atoms with Gasteiger partial charge >= 0.3 is 0 Å². The molecule has 0 aromatic heterocycles. The van der Waals surface area contributed by atoms with Gasteiger partial charge in [0, 0.05) is 0 Å². The summed E-state index contributed by atoms with van der Waals surface area (Å²) in [7, 11) is 1.45. The lowest BCUT2D eigenvalue weighted by molar-refractivity contribution is 0.0955. The summed E-state index contributed by atoms with van der Waals surface area (Å²) in [5.41, 5.74) is 0.294. The van der Waals surface area contributed by atoms with Crippen molar-refractivity contribution in [2.75, 3.05) is 13.8 Å². The first kappa shape index (κ1) is 8.71. The molecule has 0 saturated carbocycles. The van der Waals surface area contributed by atoms with Gasteiger partial charge in [-0.3, -0.25) is 4.79 Å². The molecule has 0 amide bonds. The molecular formula is C9H9FO2. The van der Waals surface area contributed by atoms with E-state index in [1.165, 1.54) is 7.11 Å². The van der Waals surface area contributed by atoms with E-state index in [1.54, 1.807) is 24.3 Å². The molecule has 0 fully saturated rings. The summed E-state index contributed by atoms with van der Waals surface area (Å²) in [6, 6.07) is 6.57. The number of methoxy groups -OCH3 is 1. The average Bonchev–Trinajstić information content (AvgIpc) is 2.16. The van der Waals surface area contributed by atoms with Crippen LogP contribution in [0.15, 0.2) is 24.3 Å². The van der Waals surface area contributed by atoms with Gasteiger partial charge in [0.05, 0.1) is 12.7 Å². The number of hydrogen-bond acceptors (Lipinski definition) is 2. The summed E-state index contributed by atoms with van der Waals surface area (Å²) in [5, 5.41) is 0. The van der Waals surface area contributed by atoms with Gasteiger partial charge in [-0.25, -0.2) is 4.39 Å². The number of ether oxygens (including phenoxy) is 1. The van der Waals surface area contributed by atoms with Gasteiger partial charge in [-0.05, 0) is 12.1 Å². The molecule has 0 saturated heterocycles. The molecule has 0 unspecified atom stereocenters. The highest BCUT2D eigenvalue weighted by atomic mass is 19.1. The average molecular weight is 168 g/mol. The van der Waals surface area contributed by atoms with E-state index in [0.29, 0.717) is 11.3 Å². The van der Waals surface area contributed by atoms with Crippen molar-refractivity contribution in [3.05, 3.63) is 29.8 Å². The third-order valence-corrected chi connectivity index (χ3v) is 1.53. The minimum atomic E-state index is -0.986. The molecule has 0 aliphatic heterocycles. The van der Waals surface area contributed by atoms with Gasteiger partial charge < -0.3 is 4.74 Å². The number of para-hydroxylation sites is 1. The van der Waals surface area contributed by atoms with Gasteiger partial charge in [-0.2, -0.15) is 0 Å². The van der Waals surface area contributed by atoms with Crippen LogP contribution in [-0.4, -0.2) is 19.6 Å². The number of carbonyl (C=O) groups excluding carboxylic acids is 1. The van der Waals surface area contributed by atoms with Crippen molar-refractivity contribution in [3.8, 4) is 5.75 Å². The Kier molecular flexibility index (Phi) is 2.80. The first-order valence-electron chi connectivity index (χ1n) is 3.51. The molecule has 12 heavy (non-hydrogen) atoms. The SMILES string of the molecule is COc1ccccc1C(=O)CF. The van der Waals surface area contributed by atoms with Crippen molar-refractivity contribution in [1.82, 2.24) is 0 Å². The molecule has 1 aromatic rings. The zero-order valence-electron chi connectivity index (χ0n) is 6.71. The molecule has 0 radical (unpaired) electrons. The zero-order chi connectivity index (χ0) is 8.97. The lowest BCUT2D eigenvalue weighted by Crippen LogP contribution is -2.03. The predicted molar refractivity (Wildman–Crippen MR) is 43.3 cm³/mol. The van der Waals surface area contributed by atoms with Crippen LogP contribution < -0.4 is 4.74 Å². The van der Waals surface area contributed by atoms with Crippen LogP contribution >= 0.6 is 0 Å². The van der Waals surface area contributed by atoms with Crippen LogP contribution in [0.4, 0.5) is 4.39 Å². The van der Waals surface area contributed by atoms with Crippen LogP contribution in [0, 0.1) is 0 Å². The molecule has 0 heterocycles. The van der Waals surface area contributed by atoms with E-state index in [1.807, 2.05) is 0 Å². The highest BCUT2D eigenvalue weighted by Crippen LogP contribution is 2.17. The van der Waals surface area contributed by atoms with Crippen LogP contribution in [0.2, 0.25) is 0 Å². The van der Waals surface area contributed by atoms with Gasteiger partial charge in [0.15, 0.2) is 12.5 Å². The number of ketones is 1. The van der Waals surface area contributed by atoms with Crippen molar-refractivity contribution < 1.29 is 13.9 Å². The van der Waals surface area contributed by atoms with E-state index in [2.05, 4.69) is 0 Å².